The van der Waals surface area contributed by atoms with Crippen molar-refractivity contribution in [1.82, 2.24) is 4.57 Å². The van der Waals surface area contributed by atoms with Gasteiger partial charge in [-0.25, -0.2) is 4.85 Å². The van der Waals surface area contributed by atoms with E-state index in [9.17, 15) is 31.1 Å². The molecular weight excluding hydrogens is 422 g/mol. The quantitative estimate of drug-likeness (QED) is 0.342. The van der Waals surface area contributed by atoms with Crippen molar-refractivity contribution >= 4 is 5.69 Å². The van der Waals surface area contributed by atoms with E-state index in [0.717, 1.165) is 22.8 Å². The van der Waals surface area contributed by atoms with Gasteiger partial charge in [0.2, 0.25) is 0 Å². The highest BCUT2D eigenvalue weighted by Gasteiger charge is 2.36. The summed E-state index contributed by atoms with van der Waals surface area (Å²) in [6.07, 6.45) is -9.57. The van der Waals surface area contributed by atoms with Gasteiger partial charge in [0.15, 0.2) is 0 Å². The van der Waals surface area contributed by atoms with Crippen LogP contribution < -0.4 is 5.56 Å². The van der Waals surface area contributed by atoms with E-state index in [4.69, 9.17) is 6.57 Å². The third-order valence-electron chi connectivity index (χ3n) is 4.60. The van der Waals surface area contributed by atoms with Crippen molar-refractivity contribution in [3.8, 4) is 11.3 Å². The molecule has 3 rings (SSSR count). The molecule has 0 amide bonds. The van der Waals surface area contributed by atoms with Crippen molar-refractivity contribution < 1.29 is 26.3 Å². The summed E-state index contributed by atoms with van der Waals surface area (Å²) in [7, 11) is 0. The average Bonchev–Trinajstić information content (AvgIpc) is 2.68. The smallest absolute Gasteiger partial charge is 0.313 e. The maximum atomic E-state index is 13.5. The lowest BCUT2D eigenvalue weighted by Crippen LogP contribution is -2.25. The summed E-state index contributed by atoms with van der Waals surface area (Å²) in [6.45, 7) is 8.34. The van der Waals surface area contributed by atoms with E-state index in [1.54, 1.807) is 25.1 Å². The molecule has 0 saturated carbocycles. The number of benzene rings is 2. The molecular formula is C22H14F6N2O. The Balaban J connectivity index is 2.29. The molecule has 3 aromatic rings. The van der Waals surface area contributed by atoms with Crippen LogP contribution in [0.15, 0.2) is 59.4 Å². The Morgan fingerprint density at radius 3 is 2.19 bits per heavy atom. The first-order valence-corrected chi connectivity index (χ1v) is 8.87. The van der Waals surface area contributed by atoms with Crippen LogP contribution in [0, 0.1) is 13.5 Å². The van der Waals surface area contributed by atoms with Gasteiger partial charge in [-0.15, -0.1) is 0 Å². The van der Waals surface area contributed by atoms with Gasteiger partial charge in [0.05, 0.1) is 17.7 Å². The molecule has 0 unspecified atom stereocenters. The van der Waals surface area contributed by atoms with Crippen molar-refractivity contribution in [3.63, 3.8) is 0 Å². The van der Waals surface area contributed by atoms with Crippen molar-refractivity contribution in [2.24, 2.45) is 0 Å². The average molecular weight is 436 g/mol. The van der Waals surface area contributed by atoms with Crippen molar-refractivity contribution in [2.45, 2.75) is 25.8 Å². The molecule has 0 fully saturated rings. The Kier molecular flexibility index (Phi) is 5.68. The third kappa shape index (κ3) is 4.63. The number of hydrogen-bond acceptors (Lipinski definition) is 1. The molecule has 160 valence electrons. The molecule has 1 heterocycles. The molecule has 2 aromatic carbocycles. The zero-order chi connectivity index (χ0) is 23.0. The van der Waals surface area contributed by atoms with E-state index in [1.165, 1.54) is 12.1 Å². The molecule has 0 spiro atoms. The zero-order valence-corrected chi connectivity index (χ0v) is 16.0. The number of hydrogen-bond donors (Lipinski definition) is 0. The van der Waals surface area contributed by atoms with Crippen LogP contribution in [0.2, 0.25) is 0 Å². The van der Waals surface area contributed by atoms with Gasteiger partial charge in [-0.2, -0.15) is 26.3 Å². The van der Waals surface area contributed by atoms with Crippen molar-refractivity contribution in [2.75, 3.05) is 0 Å². The molecule has 0 bridgehead atoms. The first-order valence-electron chi connectivity index (χ1n) is 8.87. The summed E-state index contributed by atoms with van der Waals surface area (Å²) >= 11 is 0. The second-order valence-electron chi connectivity index (χ2n) is 6.86. The molecule has 0 radical (unpaired) electrons. The maximum Gasteiger partial charge on any atom is 0.416 e. The standard InChI is InChI=1S/C22H14F6N2O/c1-13-5-3-7-15(9-13)18-11-17(22(26,27)28)19(29-2)20(31)30(18)12-14-6-4-8-16(10-14)21(23,24)25/h3-11H,12H2,1H3. The largest absolute Gasteiger partial charge is 0.416 e. The predicted octanol–water partition coefficient (Wildman–Crippen LogP) is 6.46. The Bertz CT molecular complexity index is 1230. The zero-order valence-electron chi connectivity index (χ0n) is 16.0. The molecule has 0 N–H and O–H groups in total. The number of halogens is 6. The summed E-state index contributed by atoms with van der Waals surface area (Å²) in [5.74, 6) is 0. The Labute approximate surface area is 173 Å². The lowest BCUT2D eigenvalue weighted by molar-refractivity contribution is -0.138. The van der Waals surface area contributed by atoms with Crippen LogP contribution in [-0.4, -0.2) is 4.57 Å². The van der Waals surface area contributed by atoms with E-state index >= 15 is 0 Å². The van der Waals surface area contributed by atoms with Crippen LogP contribution in [0.25, 0.3) is 16.1 Å². The van der Waals surface area contributed by atoms with Gasteiger partial charge in [0.25, 0.3) is 11.2 Å². The lowest BCUT2D eigenvalue weighted by atomic mass is 10.0. The highest BCUT2D eigenvalue weighted by Crippen LogP contribution is 2.37. The normalized spacial score (nSPS) is 11.9. The summed E-state index contributed by atoms with van der Waals surface area (Å²) in [6, 6.07) is 11.2. The van der Waals surface area contributed by atoms with E-state index in [1.807, 2.05) is 0 Å². The van der Waals surface area contributed by atoms with E-state index < -0.39 is 41.3 Å². The maximum absolute atomic E-state index is 13.5. The van der Waals surface area contributed by atoms with E-state index in [2.05, 4.69) is 4.85 Å². The van der Waals surface area contributed by atoms with Crippen molar-refractivity contribution in [1.29, 1.82) is 0 Å². The third-order valence-corrected chi connectivity index (χ3v) is 4.60. The summed E-state index contributed by atoms with van der Waals surface area (Å²) in [5.41, 5.74) is -3.80. The number of rotatable bonds is 3. The fourth-order valence-corrected chi connectivity index (χ4v) is 3.19. The second-order valence-corrected chi connectivity index (χ2v) is 6.86. The second kappa shape index (κ2) is 7.95. The highest BCUT2D eigenvalue weighted by atomic mass is 19.4. The molecule has 1 aromatic heterocycles. The highest BCUT2D eigenvalue weighted by molar-refractivity contribution is 5.66. The van der Waals surface area contributed by atoms with Crippen LogP contribution in [0.1, 0.15) is 22.3 Å². The number of nitrogens with zero attached hydrogens (tertiary/aromatic N) is 2. The van der Waals surface area contributed by atoms with Crippen LogP contribution in [-0.2, 0) is 18.9 Å². The van der Waals surface area contributed by atoms with Gasteiger partial charge in [-0.05, 0) is 42.3 Å². The first-order chi connectivity index (χ1) is 14.4. The molecule has 0 atom stereocenters. The number of alkyl halides is 6. The minimum atomic E-state index is -4.95. The van der Waals surface area contributed by atoms with Crippen LogP contribution >= 0.6 is 0 Å². The monoisotopic (exact) mass is 436 g/mol. The molecule has 0 aliphatic rings. The fourth-order valence-electron chi connectivity index (χ4n) is 3.19. The van der Waals surface area contributed by atoms with E-state index in [0.29, 0.717) is 11.6 Å². The Morgan fingerprint density at radius 2 is 1.61 bits per heavy atom. The Morgan fingerprint density at radius 1 is 0.935 bits per heavy atom. The SMILES string of the molecule is [C-]#[N+]c1c(C(F)(F)F)cc(-c2cccc(C)c2)n(Cc2cccc(C(F)(F)F)c2)c1=O. The van der Waals surface area contributed by atoms with Gasteiger partial charge in [0, 0.05) is 12.2 Å². The van der Waals surface area contributed by atoms with Gasteiger partial charge < -0.3 is 4.57 Å². The molecule has 0 aliphatic heterocycles. The number of aryl methyl sites for hydroxylation is 1. The van der Waals surface area contributed by atoms with E-state index in [-0.39, 0.29) is 16.8 Å². The van der Waals surface area contributed by atoms with Gasteiger partial charge in [-0.1, -0.05) is 35.9 Å². The summed E-state index contributed by atoms with van der Waals surface area (Å²) in [5, 5.41) is 0. The van der Waals surface area contributed by atoms with Crippen LogP contribution in [0.4, 0.5) is 32.0 Å². The number of aromatic nitrogens is 1. The van der Waals surface area contributed by atoms with Gasteiger partial charge in [0.1, 0.15) is 0 Å². The molecule has 0 saturated heterocycles. The topological polar surface area (TPSA) is 26.4 Å². The minimum absolute atomic E-state index is 0.0570. The summed E-state index contributed by atoms with van der Waals surface area (Å²) in [4.78, 5) is 15.6. The molecule has 31 heavy (non-hydrogen) atoms. The molecule has 9 heteroatoms. The van der Waals surface area contributed by atoms with Crippen LogP contribution in [0.3, 0.4) is 0 Å². The van der Waals surface area contributed by atoms with Crippen LogP contribution in [0.5, 0.6) is 0 Å². The Hall–Kier alpha value is -3.54. The van der Waals surface area contributed by atoms with Crippen molar-refractivity contribution in [3.05, 3.63) is 98.6 Å². The van der Waals surface area contributed by atoms with Gasteiger partial charge >= 0.3 is 12.4 Å². The molecule has 3 nitrogen and oxygen atoms in total. The lowest BCUT2D eigenvalue weighted by Gasteiger charge is -2.19. The number of pyridine rings is 1. The minimum Gasteiger partial charge on any atom is -0.313 e. The van der Waals surface area contributed by atoms with Gasteiger partial charge in [-0.3, -0.25) is 4.79 Å². The first kappa shape index (κ1) is 22.2. The molecule has 0 aliphatic carbocycles. The predicted molar refractivity (Wildman–Crippen MR) is 103 cm³/mol. The summed E-state index contributed by atoms with van der Waals surface area (Å²) < 4.78 is 80.6. The fraction of sp³-hybridized carbons (Fsp3) is 0.182.